The molecular weight excluding hydrogens is 619 g/mol. The average molecular weight is 650 g/mol. The molecule has 0 spiro atoms. The van der Waals surface area contributed by atoms with Gasteiger partial charge in [-0.25, -0.2) is 4.98 Å². The predicted octanol–water partition coefficient (Wildman–Crippen LogP) is 10.2. The first-order chi connectivity index (χ1) is 21.4. The Morgan fingerprint density at radius 3 is 2.53 bits per heavy atom. The molecule has 232 valence electrons. The Morgan fingerprint density at radius 1 is 1.04 bits per heavy atom. The maximum Gasteiger partial charge on any atom is 0.442 e. The van der Waals surface area contributed by atoms with E-state index in [0.29, 0.717) is 23.6 Å². The second-order valence-electron chi connectivity index (χ2n) is 12.1. The summed E-state index contributed by atoms with van der Waals surface area (Å²) in [6.45, 7) is 1.78. The molecule has 1 aromatic heterocycles. The smallest absolute Gasteiger partial charge is 0.442 e. The van der Waals surface area contributed by atoms with Gasteiger partial charge in [-0.15, -0.1) is 10.2 Å². The summed E-state index contributed by atoms with van der Waals surface area (Å²) in [6.07, 6.45) is 2.52. The van der Waals surface area contributed by atoms with Gasteiger partial charge < -0.3 is 5.11 Å². The third-order valence-electron chi connectivity index (χ3n) is 8.41. The lowest BCUT2D eigenvalue weighted by atomic mass is 9.95. The summed E-state index contributed by atoms with van der Waals surface area (Å²) in [5.41, 5.74) is 2.60. The van der Waals surface area contributed by atoms with Crippen molar-refractivity contribution in [2.75, 3.05) is 5.75 Å². The van der Waals surface area contributed by atoms with Crippen molar-refractivity contribution in [1.29, 1.82) is 0 Å². The largest absolute Gasteiger partial charge is 0.481 e. The van der Waals surface area contributed by atoms with Crippen molar-refractivity contribution < 1.29 is 23.1 Å². The summed E-state index contributed by atoms with van der Waals surface area (Å²) >= 11 is 7.88. The SMILES string of the molecule is Cc1cc(CC[C@@H](SCC2(CC(=O)O)CC2)c2cccc(/C=C/c3ccc4ccc(Cl)cc4n3)c2)cc(C2(C(F)(F)F)N=N2)c1. The molecular formula is C35H31ClF3N3O2S. The lowest BCUT2D eigenvalue weighted by molar-refractivity contribution is -0.166. The van der Waals surface area contributed by atoms with Crippen molar-refractivity contribution in [3.8, 4) is 0 Å². The summed E-state index contributed by atoms with van der Waals surface area (Å²) < 4.78 is 41.2. The zero-order chi connectivity index (χ0) is 31.8. The summed E-state index contributed by atoms with van der Waals surface area (Å²) in [5, 5.41) is 17.9. The van der Waals surface area contributed by atoms with E-state index in [1.54, 1.807) is 24.8 Å². The van der Waals surface area contributed by atoms with Gasteiger partial charge in [-0.3, -0.25) is 4.79 Å². The number of carbonyl (C=O) groups is 1. The standard InChI is InChI=1S/C35H31ClF3N3O2S/c1-22-15-24(18-27(16-22)34(41-42-34)35(37,38)39)6-12-31(45-21-33(13-14-33)20-32(43)44)26-4-2-3-23(17-26)5-10-29-11-8-25-7-9-28(36)19-30(25)40-29/h2-5,7-11,15-19,31H,6,12-14,20-21H2,1H3,(H,43,44)/b10-5+/t31-/m1/s1. The number of hydrogen-bond donors (Lipinski definition) is 1. The van der Waals surface area contributed by atoms with E-state index in [1.807, 2.05) is 60.7 Å². The molecule has 1 aliphatic heterocycles. The van der Waals surface area contributed by atoms with Crippen molar-refractivity contribution in [3.63, 3.8) is 0 Å². The number of aliphatic carboxylic acids is 1. The third-order valence-corrected chi connectivity index (χ3v) is 10.3. The Balaban J connectivity index is 1.23. The van der Waals surface area contributed by atoms with Crippen LogP contribution in [0.3, 0.4) is 0 Å². The number of benzene rings is 3. The molecule has 3 aromatic carbocycles. The van der Waals surface area contributed by atoms with E-state index < -0.39 is 17.8 Å². The summed E-state index contributed by atoms with van der Waals surface area (Å²) in [4.78, 5) is 16.2. The Labute approximate surface area is 268 Å². The summed E-state index contributed by atoms with van der Waals surface area (Å²) in [6, 6.07) is 22.7. The minimum atomic E-state index is -4.58. The second-order valence-corrected chi connectivity index (χ2v) is 13.7. The van der Waals surface area contributed by atoms with E-state index in [9.17, 15) is 23.1 Å². The number of pyridine rings is 1. The third kappa shape index (κ3) is 7.25. The first kappa shape index (κ1) is 31.3. The lowest BCUT2D eigenvalue weighted by Gasteiger charge is -2.22. The van der Waals surface area contributed by atoms with Crippen LogP contribution in [0, 0.1) is 12.3 Å². The molecule has 0 bridgehead atoms. The van der Waals surface area contributed by atoms with Crippen LogP contribution in [0.15, 0.2) is 83.0 Å². The highest BCUT2D eigenvalue weighted by atomic mass is 35.5. The van der Waals surface area contributed by atoms with Crippen molar-refractivity contribution in [2.24, 2.45) is 15.6 Å². The van der Waals surface area contributed by atoms with Crippen LogP contribution < -0.4 is 0 Å². The summed E-state index contributed by atoms with van der Waals surface area (Å²) in [7, 11) is 0. The number of rotatable bonds is 12. The number of aryl methyl sites for hydroxylation is 2. The van der Waals surface area contributed by atoms with E-state index in [0.717, 1.165) is 51.7 Å². The monoisotopic (exact) mass is 649 g/mol. The molecule has 4 aromatic rings. The highest BCUT2D eigenvalue weighted by Gasteiger charge is 2.65. The molecule has 1 atom stereocenters. The van der Waals surface area contributed by atoms with E-state index >= 15 is 0 Å². The number of hydrogen-bond acceptors (Lipinski definition) is 5. The molecule has 0 radical (unpaired) electrons. The molecule has 1 saturated carbocycles. The van der Waals surface area contributed by atoms with E-state index in [1.165, 1.54) is 6.07 Å². The second kappa shape index (κ2) is 12.2. The molecule has 1 N–H and O–H groups in total. The number of nitrogens with zero attached hydrogens (tertiary/aromatic N) is 3. The molecule has 5 nitrogen and oxygen atoms in total. The van der Waals surface area contributed by atoms with Crippen LogP contribution >= 0.6 is 23.4 Å². The van der Waals surface area contributed by atoms with Gasteiger partial charge in [0.05, 0.1) is 17.6 Å². The van der Waals surface area contributed by atoms with E-state index in [2.05, 4.69) is 22.4 Å². The number of carboxylic acid groups (broad SMARTS) is 1. The normalized spacial score (nSPS) is 17.1. The molecule has 45 heavy (non-hydrogen) atoms. The number of carboxylic acids is 1. The van der Waals surface area contributed by atoms with Crippen LogP contribution in [0.4, 0.5) is 13.2 Å². The van der Waals surface area contributed by atoms with Crippen LogP contribution in [-0.2, 0) is 16.9 Å². The van der Waals surface area contributed by atoms with E-state index in [-0.39, 0.29) is 22.6 Å². The molecule has 1 aliphatic carbocycles. The van der Waals surface area contributed by atoms with Gasteiger partial charge in [0, 0.05) is 27.0 Å². The van der Waals surface area contributed by atoms with Crippen LogP contribution in [0.2, 0.25) is 5.02 Å². The first-order valence-electron chi connectivity index (χ1n) is 14.7. The van der Waals surface area contributed by atoms with Gasteiger partial charge in [0.25, 0.3) is 0 Å². The van der Waals surface area contributed by atoms with Crippen LogP contribution in [-0.4, -0.2) is 28.0 Å². The highest BCUT2D eigenvalue weighted by molar-refractivity contribution is 7.99. The Morgan fingerprint density at radius 2 is 1.82 bits per heavy atom. The zero-order valence-electron chi connectivity index (χ0n) is 24.5. The predicted molar refractivity (Wildman–Crippen MR) is 173 cm³/mol. The zero-order valence-corrected chi connectivity index (χ0v) is 26.1. The number of halogens is 4. The quantitative estimate of drug-likeness (QED) is 0.166. The van der Waals surface area contributed by atoms with Gasteiger partial charge in [-0.05, 0) is 79.0 Å². The van der Waals surface area contributed by atoms with Gasteiger partial charge >= 0.3 is 17.8 Å². The Kier molecular flexibility index (Phi) is 8.52. The fourth-order valence-corrected chi connectivity index (χ4v) is 7.42. The van der Waals surface area contributed by atoms with Crippen LogP contribution in [0.1, 0.15) is 64.4 Å². The Bertz CT molecular complexity index is 1810. The molecule has 0 saturated heterocycles. The molecule has 0 unspecified atom stereocenters. The molecule has 10 heteroatoms. The van der Waals surface area contributed by atoms with Crippen molar-refractivity contribution in [3.05, 3.63) is 111 Å². The van der Waals surface area contributed by atoms with Crippen molar-refractivity contribution >= 4 is 52.4 Å². The van der Waals surface area contributed by atoms with Gasteiger partial charge in [-0.2, -0.15) is 24.9 Å². The van der Waals surface area contributed by atoms with Gasteiger partial charge in [0.15, 0.2) is 0 Å². The molecule has 1 fully saturated rings. The van der Waals surface area contributed by atoms with Gasteiger partial charge in [0.2, 0.25) is 0 Å². The maximum absolute atomic E-state index is 13.7. The average Bonchev–Trinajstić information content (AvgIpc) is 3.92. The minimum absolute atomic E-state index is 0.0152. The molecule has 2 heterocycles. The summed E-state index contributed by atoms with van der Waals surface area (Å²) in [5.74, 6) is -0.0788. The number of fused-ring (bicyclic) bond motifs is 1. The van der Waals surface area contributed by atoms with E-state index in [4.69, 9.17) is 16.6 Å². The number of thioether (sulfide) groups is 1. The Hall–Kier alpha value is -3.69. The molecule has 0 amide bonds. The fourth-order valence-electron chi connectivity index (χ4n) is 5.69. The molecule has 6 rings (SSSR count). The van der Waals surface area contributed by atoms with Crippen LogP contribution in [0.25, 0.3) is 23.1 Å². The van der Waals surface area contributed by atoms with Gasteiger partial charge in [0.1, 0.15) is 0 Å². The van der Waals surface area contributed by atoms with Crippen LogP contribution in [0.5, 0.6) is 0 Å². The van der Waals surface area contributed by atoms with Crippen molar-refractivity contribution in [1.82, 2.24) is 4.98 Å². The fraction of sp³-hybridized carbons (Fsp3) is 0.314. The highest BCUT2D eigenvalue weighted by Crippen LogP contribution is 2.54. The molecule has 2 aliphatic rings. The topological polar surface area (TPSA) is 74.9 Å². The van der Waals surface area contributed by atoms with Crippen molar-refractivity contribution in [2.45, 2.75) is 56.1 Å². The maximum atomic E-state index is 13.7. The minimum Gasteiger partial charge on any atom is -0.481 e. The number of aromatic nitrogens is 1. The van der Waals surface area contributed by atoms with Gasteiger partial charge in [-0.1, -0.05) is 77.8 Å². The lowest BCUT2D eigenvalue weighted by Crippen LogP contribution is -2.30. The first-order valence-corrected chi connectivity index (χ1v) is 16.2. The number of alkyl halides is 3.